The number of halogens is 1. The molecule has 3 nitrogen and oxygen atoms in total. The van der Waals surface area contributed by atoms with E-state index in [-0.39, 0.29) is 11.8 Å². The minimum absolute atomic E-state index is 0.230. The van der Waals surface area contributed by atoms with Crippen molar-refractivity contribution in [2.24, 2.45) is 5.92 Å². The van der Waals surface area contributed by atoms with Crippen molar-refractivity contribution in [3.05, 3.63) is 29.6 Å². The lowest BCUT2D eigenvalue weighted by Crippen LogP contribution is -2.45. The van der Waals surface area contributed by atoms with Crippen LogP contribution in [0.25, 0.3) is 0 Å². The van der Waals surface area contributed by atoms with Crippen molar-refractivity contribution in [2.75, 3.05) is 11.9 Å². The Kier molecular flexibility index (Phi) is 4.31. The summed E-state index contributed by atoms with van der Waals surface area (Å²) in [6.07, 6.45) is 2.42. The molecule has 0 bridgehead atoms. The number of carbonyl (C=O) groups is 1. The molecule has 0 spiro atoms. The van der Waals surface area contributed by atoms with Crippen LogP contribution in [0.4, 0.5) is 10.1 Å². The summed E-state index contributed by atoms with van der Waals surface area (Å²) < 4.78 is 18.7. The molecule has 110 valence electrons. The summed E-state index contributed by atoms with van der Waals surface area (Å²) in [4.78, 5) is 12.3. The molecule has 2 unspecified atom stereocenters. The average Bonchev–Trinajstić information content (AvgIpc) is 2.71. The average molecular weight is 279 g/mol. The molecule has 1 aromatic carbocycles. The molecule has 4 heteroatoms. The van der Waals surface area contributed by atoms with E-state index in [1.54, 1.807) is 6.92 Å². The second kappa shape index (κ2) is 5.81. The first-order valence-electron chi connectivity index (χ1n) is 7.18. The third-order valence-electron chi connectivity index (χ3n) is 3.85. The van der Waals surface area contributed by atoms with Crippen LogP contribution < -0.4 is 5.32 Å². The fraction of sp³-hybridized carbons (Fsp3) is 0.562. The smallest absolute Gasteiger partial charge is 0.331 e. The van der Waals surface area contributed by atoms with Gasteiger partial charge in [-0.3, -0.25) is 0 Å². The molecule has 2 atom stereocenters. The number of esters is 1. The normalized spacial score (nSPS) is 25.5. The van der Waals surface area contributed by atoms with Crippen LogP contribution >= 0.6 is 0 Å². The van der Waals surface area contributed by atoms with Crippen LogP contribution in [0.5, 0.6) is 0 Å². The van der Waals surface area contributed by atoms with Gasteiger partial charge in [-0.15, -0.1) is 0 Å². The Hall–Kier alpha value is -1.58. The number of aryl methyl sites for hydroxylation is 1. The minimum Gasteiger partial charge on any atom is -0.464 e. The molecule has 0 heterocycles. The van der Waals surface area contributed by atoms with Crippen LogP contribution in [-0.4, -0.2) is 18.1 Å². The first-order chi connectivity index (χ1) is 9.45. The number of anilines is 1. The van der Waals surface area contributed by atoms with Crippen LogP contribution in [0.15, 0.2) is 18.2 Å². The second-order valence-corrected chi connectivity index (χ2v) is 5.79. The van der Waals surface area contributed by atoms with Crippen molar-refractivity contribution in [3.8, 4) is 0 Å². The second-order valence-electron chi connectivity index (χ2n) is 5.79. The molecule has 1 N–H and O–H groups in total. The van der Waals surface area contributed by atoms with Crippen molar-refractivity contribution in [3.63, 3.8) is 0 Å². The molecular formula is C16H22FNO2. The van der Waals surface area contributed by atoms with E-state index in [9.17, 15) is 9.18 Å². The standard InChI is InChI=1S/C16H22FNO2/c1-4-20-15(19)16(6-5-11(2)10-16)18-14-8-12(3)7-13(17)9-14/h7-9,11,18H,4-6,10H2,1-3H3. The molecule has 0 aliphatic heterocycles. The van der Waals surface area contributed by atoms with E-state index in [1.165, 1.54) is 12.1 Å². The predicted molar refractivity (Wildman–Crippen MR) is 77.1 cm³/mol. The van der Waals surface area contributed by atoms with Gasteiger partial charge >= 0.3 is 5.97 Å². The van der Waals surface area contributed by atoms with Crippen LogP contribution in [0.1, 0.15) is 38.7 Å². The summed E-state index contributed by atoms with van der Waals surface area (Å²) in [5.74, 6) is -0.0645. The molecule has 0 radical (unpaired) electrons. The molecule has 0 saturated heterocycles. The lowest BCUT2D eigenvalue weighted by Gasteiger charge is -2.29. The molecule has 1 aliphatic carbocycles. The molecule has 0 amide bonds. The van der Waals surface area contributed by atoms with Gasteiger partial charge in [0.15, 0.2) is 0 Å². The maximum Gasteiger partial charge on any atom is 0.331 e. The Morgan fingerprint density at radius 3 is 2.80 bits per heavy atom. The number of hydrogen-bond acceptors (Lipinski definition) is 3. The van der Waals surface area contributed by atoms with E-state index < -0.39 is 5.54 Å². The number of ether oxygens (including phenoxy) is 1. The van der Waals surface area contributed by atoms with Crippen molar-refractivity contribution in [1.29, 1.82) is 0 Å². The summed E-state index contributed by atoms with van der Waals surface area (Å²) in [7, 11) is 0. The van der Waals surface area contributed by atoms with Crippen molar-refractivity contribution in [2.45, 2.75) is 45.6 Å². The largest absolute Gasteiger partial charge is 0.464 e. The van der Waals surface area contributed by atoms with E-state index >= 15 is 0 Å². The number of nitrogens with one attached hydrogen (secondary N) is 1. The Bertz CT molecular complexity index is 483. The predicted octanol–water partition coefficient (Wildman–Crippen LogP) is 3.67. The molecule has 1 saturated carbocycles. The van der Waals surface area contributed by atoms with Crippen LogP contribution in [-0.2, 0) is 9.53 Å². The Balaban J connectivity index is 2.26. The molecule has 0 aromatic heterocycles. The van der Waals surface area contributed by atoms with E-state index in [2.05, 4.69) is 12.2 Å². The monoisotopic (exact) mass is 279 g/mol. The van der Waals surface area contributed by atoms with Gasteiger partial charge in [0.1, 0.15) is 11.4 Å². The van der Waals surface area contributed by atoms with Crippen molar-refractivity contribution < 1.29 is 13.9 Å². The molecule has 2 rings (SSSR count). The van der Waals surface area contributed by atoms with Crippen LogP contribution in [0.2, 0.25) is 0 Å². The van der Waals surface area contributed by atoms with E-state index in [0.717, 1.165) is 24.8 Å². The van der Waals surface area contributed by atoms with Gasteiger partial charge in [0, 0.05) is 5.69 Å². The summed E-state index contributed by atoms with van der Waals surface area (Å²) in [5.41, 5.74) is 0.762. The van der Waals surface area contributed by atoms with E-state index in [4.69, 9.17) is 4.74 Å². The molecular weight excluding hydrogens is 257 g/mol. The first-order valence-corrected chi connectivity index (χ1v) is 7.18. The lowest BCUT2D eigenvalue weighted by molar-refractivity contribution is -0.148. The summed E-state index contributed by atoms with van der Waals surface area (Å²) in [6.45, 7) is 6.12. The first kappa shape index (κ1) is 14.8. The van der Waals surface area contributed by atoms with Gasteiger partial charge in [0.2, 0.25) is 0 Å². The molecule has 1 fully saturated rings. The SMILES string of the molecule is CCOC(=O)C1(Nc2cc(C)cc(F)c2)CCC(C)C1. The Labute approximate surface area is 119 Å². The summed E-state index contributed by atoms with van der Waals surface area (Å²) in [5, 5.41) is 3.24. The fourth-order valence-electron chi connectivity index (χ4n) is 3.00. The number of rotatable bonds is 4. The zero-order valence-corrected chi connectivity index (χ0v) is 12.3. The summed E-state index contributed by atoms with van der Waals surface area (Å²) >= 11 is 0. The maximum atomic E-state index is 13.5. The van der Waals surface area contributed by atoms with Gasteiger partial charge in [-0.2, -0.15) is 0 Å². The zero-order chi connectivity index (χ0) is 14.8. The van der Waals surface area contributed by atoms with Gasteiger partial charge in [0.25, 0.3) is 0 Å². The highest BCUT2D eigenvalue weighted by molar-refractivity contribution is 5.85. The van der Waals surface area contributed by atoms with Crippen LogP contribution in [0.3, 0.4) is 0 Å². The molecule has 20 heavy (non-hydrogen) atoms. The number of carbonyl (C=O) groups excluding carboxylic acids is 1. The Morgan fingerprint density at radius 1 is 1.50 bits per heavy atom. The van der Waals surface area contributed by atoms with Gasteiger partial charge in [-0.05, 0) is 62.8 Å². The van der Waals surface area contributed by atoms with Crippen molar-refractivity contribution in [1.82, 2.24) is 0 Å². The third-order valence-corrected chi connectivity index (χ3v) is 3.85. The summed E-state index contributed by atoms with van der Waals surface area (Å²) in [6, 6.07) is 4.75. The third kappa shape index (κ3) is 3.11. The fourth-order valence-corrected chi connectivity index (χ4v) is 3.00. The van der Waals surface area contributed by atoms with E-state index in [1.807, 2.05) is 13.0 Å². The lowest BCUT2D eigenvalue weighted by atomic mass is 9.95. The maximum absolute atomic E-state index is 13.5. The van der Waals surface area contributed by atoms with Crippen LogP contribution in [0, 0.1) is 18.7 Å². The highest BCUT2D eigenvalue weighted by Gasteiger charge is 2.45. The number of hydrogen-bond donors (Lipinski definition) is 1. The quantitative estimate of drug-likeness (QED) is 0.855. The van der Waals surface area contributed by atoms with Gasteiger partial charge < -0.3 is 10.1 Å². The van der Waals surface area contributed by atoms with Crippen molar-refractivity contribution >= 4 is 11.7 Å². The topological polar surface area (TPSA) is 38.3 Å². The van der Waals surface area contributed by atoms with Gasteiger partial charge in [0.05, 0.1) is 6.61 Å². The highest BCUT2D eigenvalue weighted by atomic mass is 19.1. The molecule has 1 aromatic rings. The number of benzene rings is 1. The van der Waals surface area contributed by atoms with Gasteiger partial charge in [-0.1, -0.05) is 6.92 Å². The minimum atomic E-state index is -0.713. The molecule has 1 aliphatic rings. The zero-order valence-electron chi connectivity index (χ0n) is 12.3. The Morgan fingerprint density at radius 2 is 2.25 bits per heavy atom. The highest BCUT2D eigenvalue weighted by Crippen LogP contribution is 2.38. The van der Waals surface area contributed by atoms with Gasteiger partial charge in [-0.25, -0.2) is 9.18 Å². The van der Waals surface area contributed by atoms with E-state index in [0.29, 0.717) is 18.2 Å².